The molecule has 1 aliphatic heterocycles. The Morgan fingerprint density at radius 3 is 2.83 bits per heavy atom. The predicted molar refractivity (Wildman–Crippen MR) is 54.5 cm³/mol. The molecule has 2 atom stereocenters. The van der Waals surface area contributed by atoms with Crippen molar-refractivity contribution in [3.8, 4) is 0 Å². The van der Waals surface area contributed by atoms with E-state index in [0.29, 0.717) is 10.7 Å². The molecule has 0 aromatic carbocycles. The van der Waals surface area contributed by atoms with E-state index in [1.54, 1.807) is 7.11 Å². The van der Waals surface area contributed by atoms with Crippen LogP contribution in [-0.2, 0) is 4.74 Å². The summed E-state index contributed by atoms with van der Waals surface area (Å²) < 4.78 is 5.28. The van der Waals surface area contributed by atoms with E-state index in [9.17, 15) is 0 Å². The molecule has 0 amide bonds. The molecule has 0 radical (unpaired) electrons. The largest absolute Gasteiger partial charge is 0.384 e. The van der Waals surface area contributed by atoms with E-state index in [1.807, 2.05) is 11.8 Å². The molecule has 2 nitrogen and oxygen atoms in total. The maximum absolute atomic E-state index is 5.62. The smallest absolute Gasteiger partial charge is 0.0529 e. The molecule has 1 heterocycles. The SMILES string of the molecule is COCC1(CCN)CCSC1C. The van der Waals surface area contributed by atoms with E-state index in [1.165, 1.54) is 12.2 Å². The van der Waals surface area contributed by atoms with Gasteiger partial charge in [-0.1, -0.05) is 6.92 Å². The molecule has 3 heteroatoms. The van der Waals surface area contributed by atoms with Crippen molar-refractivity contribution in [2.24, 2.45) is 11.1 Å². The topological polar surface area (TPSA) is 35.2 Å². The fraction of sp³-hybridized carbons (Fsp3) is 1.00. The van der Waals surface area contributed by atoms with Crippen molar-refractivity contribution in [2.45, 2.75) is 25.0 Å². The van der Waals surface area contributed by atoms with Crippen LogP contribution in [0.4, 0.5) is 0 Å². The highest BCUT2D eigenvalue weighted by molar-refractivity contribution is 8.00. The zero-order valence-electron chi connectivity index (χ0n) is 8.01. The standard InChI is InChI=1S/C9H19NOS/c1-8-9(3-5-10,7-11-2)4-6-12-8/h8H,3-7,10H2,1-2H3. The highest BCUT2D eigenvalue weighted by Gasteiger charge is 2.39. The molecule has 0 spiro atoms. The van der Waals surface area contributed by atoms with Crippen LogP contribution < -0.4 is 5.73 Å². The third kappa shape index (κ3) is 1.95. The van der Waals surface area contributed by atoms with Gasteiger partial charge in [0.2, 0.25) is 0 Å². The van der Waals surface area contributed by atoms with Crippen LogP contribution >= 0.6 is 11.8 Å². The van der Waals surface area contributed by atoms with Crippen molar-refractivity contribution in [3.63, 3.8) is 0 Å². The van der Waals surface area contributed by atoms with Crippen LogP contribution in [0.25, 0.3) is 0 Å². The van der Waals surface area contributed by atoms with Gasteiger partial charge >= 0.3 is 0 Å². The minimum Gasteiger partial charge on any atom is -0.384 e. The molecule has 0 aliphatic carbocycles. The maximum atomic E-state index is 5.62. The average Bonchev–Trinajstić information content (AvgIpc) is 2.35. The summed E-state index contributed by atoms with van der Waals surface area (Å²) in [5, 5.41) is 0.709. The van der Waals surface area contributed by atoms with Crippen LogP contribution in [0.3, 0.4) is 0 Å². The maximum Gasteiger partial charge on any atom is 0.0529 e. The van der Waals surface area contributed by atoms with Crippen LogP contribution in [0.1, 0.15) is 19.8 Å². The lowest BCUT2D eigenvalue weighted by molar-refractivity contribution is 0.0772. The Morgan fingerprint density at radius 2 is 2.42 bits per heavy atom. The van der Waals surface area contributed by atoms with Crippen LogP contribution in [-0.4, -0.2) is 31.3 Å². The Balaban J connectivity index is 2.57. The van der Waals surface area contributed by atoms with Gasteiger partial charge in [0.25, 0.3) is 0 Å². The monoisotopic (exact) mass is 189 g/mol. The molecule has 0 saturated carbocycles. The van der Waals surface area contributed by atoms with Crippen molar-refractivity contribution in [2.75, 3.05) is 26.0 Å². The molecule has 1 rings (SSSR count). The summed E-state index contributed by atoms with van der Waals surface area (Å²) in [6.07, 6.45) is 2.37. The summed E-state index contributed by atoms with van der Waals surface area (Å²) in [6, 6.07) is 0. The van der Waals surface area contributed by atoms with Gasteiger partial charge in [0.15, 0.2) is 0 Å². The van der Waals surface area contributed by atoms with Gasteiger partial charge in [-0.3, -0.25) is 0 Å². The Morgan fingerprint density at radius 1 is 1.67 bits per heavy atom. The zero-order chi connectivity index (χ0) is 9.03. The lowest BCUT2D eigenvalue weighted by Crippen LogP contribution is -2.34. The normalized spacial score (nSPS) is 35.8. The minimum absolute atomic E-state index is 0.369. The van der Waals surface area contributed by atoms with E-state index in [0.717, 1.165) is 19.6 Å². The number of methoxy groups -OCH3 is 1. The second kappa shape index (κ2) is 4.49. The van der Waals surface area contributed by atoms with Crippen LogP contribution in [0.5, 0.6) is 0 Å². The first-order valence-corrected chi connectivity index (χ1v) is 5.60. The molecule has 0 aromatic rings. The van der Waals surface area contributed by atoms with Crippen LogP contribution in [0, 0.1) is 5.41 Å². The highest BCUT2D eigenvalue weighted by Crippen LogP contribution is 2.45. The van der Waals surface area contributed by atoms with Gasteiger partial charge < -0.3 is 10.5 Å². The Bertz CT molecular complexity index is 134. The predicted octanol–water partition coefficient (Wildman–Crippen LogP) is 1.49. The fourth-order valence-electron chi connectivity index (χ4n) is 1.98. The molecule has 72 valence electrons. The second-order valence-corrected chi connectivity index (χ2v) is 5.05. The minimum atomic E-state index is 0.369. The van der Waals surface area contributed by atoms with E-state index in [2.05, 4.69) is 6.92 Å². The van der Waals surface area contributed by atoms with Crippen LogP contribution in [0.2, 0.25) is 0 Å². The zero-order valence-corrected chi connectivity index (χ0v) is 8.82. The lowest BCUT2D eigenvalue weighted by Gasteiger charge is -2.31. The van der Waals surface area contributed by atoms with Gasteiger partial charge in [-0.05, 0) is 25.1 Å². The van der Waals surface area contributed by atoms with Gasteiger partial charge in [-0.15, -0.1) is 0 Å². The number of hydrogen-bond donors (Lipinski definition) is 1. The third-order valence-electron chi connectivity index (χ3n) is 2.90. The Labute approximate surface area is 79.2 Å². The first-order valence-electron chi connectivity index (χ1n) is 4.56. The first kappa shape index (κ1) is 10.4. The van der Waals surface area contributed by atoms with Gasteiger partial charge in [0.1, 0.15) is 0 Å². The van der Waals surface area contributed by atoms with Gasteiger partial charge in [0, 0.05) is 17.8 Å². The molecule has 0 aromatic heterocycles. The number of hydrogen-bond acceptors (Lipinski definition) is 3. The summed E-state index contributed by atoms with van der Waals surface area (Å²) >= 11 is 2.05. The van der Waals surface area contributed by atoms with Crippen molar-refractivity contribution in [3.05, 3.63) is 0 Å². The highest BCUT2D eigenvalue weighted by atomic mass is 32.2. The lowest BCUT2D eigenvalue weighted by atomic mass is 9.80. The van der Waals surface area contributed by atoms with Gasteiger partial charge in [-0.25, -0.2) is 0 Å². The van der Waals surface area contributed by atoms with Crippen LogP contribution in [0.15, 0.2) is 0 Å². The molecule has 0 bridgehead atoms. The van der Waals surface area contributed by atoms with E-state index in [4.69, 9.17) is 10.5 Å². The molecular formula is C9H19NOS. The van der Waals surface area contributed by atoms with Crippen molar-refractivity contribution < 1.29 is 4.74 Å². The number of nitrogens with two attached hydrogens (primary N) is 1. The van der Waals surface area contributed by atoms with Gasteiger partial charge in [-0.2, -0.15) is 11.8 Å². The number of thioether (sulfide) groups is 1. The van der Waals surface area contributed by atoms with E-state index >= 15 is 0 Å². The number of rotatable bonds is 4. The molecule has 1 fully saturated rings. The Hall–Kier alpha value is 0.270. The molecule has 1 saturated heterocycles. The third-order valence-corrected chi connectivity index (χ3v) is 4.34. The molecule has 12 heavy (non-hydrogen) atoms. The van der Waals surface area contributed by atoms with E-state index in [-0.39, 0.29) is 0 Å². The summed E-state index contributed by atoms with van der Waals surface area (Å²) in [5.41, 5.74) is 5.99. The van der Waals surface area contributed by atoms with Crippen molar-refractivity contribution >= 4 is 11.8 Å². The summed E-state index contributed by atoms with van der Waals surface area (Å²) in [5.74, 6) is 1.27. The van der Waals surface area contributed by atoms with Crippen molar-refractivity contribution in [1.82, 2.24) is 0 Å². The number of ether oxygens (including phenoxy) is 1. The van der Waals surface area contributed by atoms with Crippen molar-refractivity contribution in [1.29, 1.82) is 0 Å². The molecule has 2 unspecified atom stereocenters. The first-order chi connectivity index (χ1) is 5.75. The fourth-order valence-corrected chi connectivity index (χ4v) is 3.52. The quantitative estimate of drug-likeness (QED) is 0.728. The summed E-state index contributed by atoms with van der Waals surface area (Å²) in [7, 11) is 1.79. The molecule has 1 aliphatic rings. The van der Waals surface area contributed by atoms with Gasteiger partial charge in [0.05, 0.1) is 6.61 Å². The molecule has 2 N–H and O–H groups in total. The average molecular weight is 189 g/mol. The summed E-state index contributed by atoms with van der Waals surface area (Å²) in [4.78, 5) is 0. The molecular weight excluding hydrogens is 170 g/mol. The van der Waals surface area contributed by atoms with E-state index < -0.39 is 0 Å². The Kier molecular flexibility index (Phi) is 3.87. The summed E-state index contributed by atoms with van der Waals surface area (Å²) in [6.45, 7) is 3.96. The second-order valence-electron chi connectivity index (χ2n) is 3.60.